The van der Waals surface area contributed by atoms with Crippen molar-refractivity contribution in [3.8, 4) is 0 Å². The van der Waals surface area contributed by atoms with Gasteiger partial charge in [-0.3, -0.25) is 9.38 Å². The number of aromatic nitrogens is 3. The standard InChI is InChI=1S/C24H28N6O/c1-27-12-14-29(15-13-27)23-10-4-9-22-26-19(21(17-31)30(22)23)16-28(2)20-8-3-6-18-7-5-11-25-24(18)20/h3-11,31H,12-17H2,1-2H3. The Balaban J connectivity index is 1.52. The molecule has 0 unspecified atom stereocenters. The van der Waals surface area contributed by atoms with Crippen molar-refractivity contribution in [1.82, 2.24) is 19.3 Å². The van der Waals surface area contributed by atoms with Gasteiger partial charge in [-0.05, 0) is 31.3 Å². The highest BCUT2D eigenvalue weighted by Crippen LogP contribution is 2.28. The van der Waals surface area contributed by atoms with Crippen molar-refractivity contribution in [2.45, 2.75) is 13.2 Å². The summed E-state index contributed by atoms with van der Waals surface area (Å²) >= 11 is 0. The second-order valence-electron chi connectivity index (χ2n) is 8.24. The van der Waals surface area contributed by atoms with E-state index in [0.717, 1.165) is 65.6 Å². The van der Waals surface area contributed by atoms with Crippen molar-refractivity contribution in [2.24, 2.45) is 0 Å². The van der Waals surface area contributed by atoms with Crippen LogP contribution in [0, 0.1) is 0 Å². The zero-order valence-corrected chi connectivity index (χ0v) is 18.1. The van der Waals surface area contributed by atoms with Gasteiger partial charge in [0, 0.05) is 44.8 Å². The summed E-state index contributed by atoms with van der Waals surface area (Å²) in [5.41, 5.74) is 4.64. The lowest BCUT2D eigenvalue weighted by molar-refractivity contribution is 0.274. The fourth-order valence-corrected chi connectivity index (χ4v) is 4.46. The van der Waals surface area contributed by atoms with Crippen LogP contribution in [0.5, 0.6) is 0 Å². The number of aliphatic hydroxyl groups is 1. The highest BCUT2D eigenvalue weighted by atomic mass is 16.3. The number of fused-ring (bicyclic) bond motifs is 2. The van der Waals surface area contributed by atoms with E-state index in [0.29, 0.717) is 6.54 Å². The molecule has 1 aliphatic rings. The quantitative estimate of drug-likeness (QED) is 0.540. The third kappa shape index (κ3) is 3.60. The van der Waals surface area contributed by atoms with Crippen molar-refractivity contribution < 1.29 is 5.11 Å². The van der Waals surface area contributed by atoms with Crippen LogP contribution in [0.1, 0.15) is 11.4 Å². The first-order chi connectivity index (χ1) is 15.2. The van der Waals surface area contributed by atoms with Crippen molar-refractivity contribution in [3.63, 3.8) is 0 Å². The lowest BCUT2D eigenvalue weighted by Crippen LogP contribution is -2.45. The van der Waals surface area contributed by atoms with Crippen LogP contribution in [0.2, 0.25) is 0 Å². The minimum atomic E-state index is -0.0527. The molecule has 4 aromatic rings. The SMILES string of the molecule is CN1CCN(c2cccc3nc(CN(C)c4cccc5cccnc45)c(CO)n23)CC1. The molecule has 0 bridgehead atoms. The summed E-state index contributed by atoms with van der Waals surface area (Å²) < 4.78 is 2.12. The lowest BCUT2D eigenvalue weighted by Gasteiger charge is -2.34. The largest absolute Gasteiger partial charge is 0.390 e. The third-order valence-electron chi connectivity index (χ3n) is 6.19. The van der Waals surface area contributed by atoms with Gasteiger partial charge in [0.25, 0.3) is 0 Å². The number of nitrogens with zero attached hydrogens (tertiary/aromatic N) is 6. The molecule has 7 heteroatoms. The Morgan fingerprint density at radius 3 is 2.58 bits per heavy atom. The van der Waals surface area contributed by atoms with Crippen LogP contribution in [0.3, 0.4) is 0 Å². The van der Waals surface area contributed by atoms with Crippen LogP contribution < -0.4 is 9.80 Å². The van der Waals surface area contributed by atoms with Crippen molar-refractivity contribution in [2.75, 3.05) is 50.1 Å². The van der Waals surface area contributed by atoms with Gasteiger partial charge in [0.05, 0.1) is 35.7 Å². The molecule has 1 aliphatic heterocycles. The maximum absolute atomic E-state index is 10.3. The molecule has 0 radical (unpaired) electrons. The van der Waals surface area contributed by atoms with Gasteiger partial charge in [-0.2, -0.15) is 0 Å². The van der Waals surface area contributed by atoms with Gasteiger partial charge in [0.15, 0.2) is 0 Å². The molecule has 1 saturated heterocycles. The van der Waals surface area contributed by atoms with E-state index < -0.39 is 0 Å². The number of hydrogen-bond donors (Lipinski definition) is 1. The number of anilines is 2. The Labute approximate surface area is 182 Å². The number of aliphatic hydroxyl groups excluding tert-OH is 1. The first-order valence-corrected chi connectivity index (χ1v) is 10.7. The summed E-state index contributed by atoms with van der Waals surface area (Å²) in [5.74, 6) is 1.10. The van der Waals surface area contributed by atoms with E-state index in [9.17, 15) is 5.11 Å². The molecular weight excluding hydrogens is 388 g/mol. The summed E-state index contributed by atoms with van der Waals surface area (Å²) in [5, 5.41) is 11.4. The van der Waals surface area contributed by atoms with Crippen LogP contribution in [0.25, 0.3) is 16.6 Å². The van der Waals surface area contributed by atoms with Gasteiger partial charge in [0.1, 0.15) is 11.5 Å². The first kappa shape index (κ1) is 19.8. The van der Waals surface area contributed by atoms with Gasteiger partial charge in [-0.25, -0.2) is 4.98 Å². The number of benzene rings is 1. The minimum absolute atomic E-state index is 0.0527. The van der Waals surface area contributed by atoms with Gasteiger partial charge < -0.3 is 19.8 Å². The Hall–Kier alpha value is -3.16. The predicted octanol–water partition coefficient (Wildman–Crippen LogP) is 2.76. The maximum Gasteiger partial charge on any atom is 0.139 e. The predicted molar refractivity (Wildman–Crippen MR) is 125 cm³/mol. The highest BCUT2D eigenvalue weighted by Gasteiger charge is 2.21. The molecule has 3 aromatic heterocycles. The molecule has 0 amide bonds. The molecule has 5 rings (SSSR count). The zero-order chi connectivity index (χ0) is 21.4. The van der Waals surface area contributed by atoms with Crippen LogP contribution in [-0.4, -0.2) is 64.6 Å². The first-order valence-electron chi connectivity index (χ1n) is 10.7. The van der Waals surface area contributed by atoms with E-state index in [4.69, 9.17) is 4.98 Å². The number of hydrogen-bond acceptors (Lipinski definition) is 6. The Kier molecular flexibility index (Phi) is 5.21. The Morgan fingerprint density at radius 2 is 1.77 bits per heavy atom. The summed E-state index contributed by atoms with van der Waals surface area (Å²) in [6.45, 7) is 4.54. The molecular formula is C24H28N6O. The van der Waals surface area contributed by atoms with E-state index in [-0.39, 0.29) is 6.61 Å². The van der Waals surface area contributed by atoms with Crippen LogP contribution in [-0.2, 0) is 13.2 Å². The van der Waals surface area contributed by atoms with Gasteiger partial charge in [-0.1, -0.05) is 24.3 Å². The van der Waals surface area contributed by atoms with Gasteiger partial charge >= 0.3 is 0 Å². The number of piperazine rings is 1. The zero-order valence-electron chi connectivity index (χ0n) is 18.1. The van der Waals surface area contributed by atoms with Crippen LogP contribution in [0.4, 0.5) is 11.5 Å². The smallest absolute Gasteiger partial charge is 0.139 e. The summed E-state index contributed by atoms with van der Waals surface area (Å²) in [6, 6.07) is 16.4. The average molecular weight is 417 g/mol. The number of para-hydroxylation sites is 1. The second kappa shape index (κ2) is 8.17. The maximum atomic E-state index is 10.3. The normalized spacial score (nSPS) is 15.1. The molecule has 160 valence electrons. The summed E-state index contributed by atoms with van der Waals surface area (Å²) in [4.78, 5) is 16.4. The van der Waals surface area contributed by atoms with Crippen LogP contribution in [0.15, 0.2) is 54.7 Å². The molecule has 1 aromatic carbocycles. The monoisotopic (exact) mass is 416 g/mol. The number of likely N-dealkylation sites (N-methyl/N-ethyl adjacent to an activating group) is 1. The van der Waals surface area contributed by atoms with Crippen molar-refractivity contribution >= 4 is 28.1 Å². The minimum Gasteiger partial charge on any atom is -0.390 e. The van der Waals surface area contributed by atoms with E-state index in [1.165, 1.54) is 0 Å². The second-order valence-corrected chi connectivity index (χ2v) is 8.24. The van der Waals surface area contributed by atoms with Crippen molar-refractivity contribution in [3.05, 3.63) is 66.1 Å². The molecule has 0 saturated carbocycles. The molecule has 4 heterocycles. The van der Waals surface area contributed by atoms with Crippen molar-refractivity contribution in [1.29, 1.82) is 0 Å². The third-order valence-corrected chi connectivity index (χ3v) is 6.19. The Bertz CT molecular complexity index is 1210. The summed E-state index contributed by atoms with van der Waals surface area (Å²) in [6.07, 6.45) is 1.83. The van der Waals surface area contributed by atoms with E-state index in [1.54, 1.807) is 0 Å². The van der Waals surface area contributed by atoms with Gasteiger partial charge in [-0.15, -0.1) is 0 Å². The molecule has 7 nitrogen and oxygen atoms in total. The number of rotatable bonds is 5. The number of imidazole rings is 1. The fourth-order valence-electron chi connectivity index (χ4n) is 4.46. The topological polar surface area (TPSA) is 60.1 Å². The van der Waals surface area contributed by atoms with E-state index in [2.05, 4.69) is 74.6 Å². The van der Waals surface area contributed by atoms with E-state index >= 15 is 0 Å². The fraction of sp³-hybridized carbons (Fsp3) is 0.333. The molecule has 1 N–H and O–H groups in total. The Morgan fingerprint density at radius 1 is 1.00 bits per heavy atom. The molecule has 1 fully saturated rings. The molecule has 0 aliphatic carbocycles. The van der Waals surface area contributed by atoms with Gasteiger partial charge in [0.2, 0.25) is 0 Å². The number of pyridine rings is 2. The average Bonchev–Trinajstić information content (AvgIpc) is 3.16. The van der Waals surface area contributed by atoms with E-state index in [1.807, 2.05) is 18.3 Å². The lowest BCUT2D eigenvalue weighted by atomic mass is 10.1. The summed E-state index contributed by atoms with van der Waals surface area (Å²) in [7, 11) is 4.21. The highest BCUT2D eigenvalue weighted by molar-refractivity contribution is 5.90. The molecule has 0 spiro atoms. The van der Waals surface area contributed by atoms with Crippen LogP contribution >= 0.6 is 0 Å². The molecule has 31 heavy (non-hydrogen) atoms. The molecule has 0 atom stereocenters.